The van der Waals surface area contributed by atoms with E-state index in [4.69, 9.17) is 5.11 Å². The van der Waals surface area contributed by atoms with E-state index in [0.717, 1.165) is 8.61 Å². The normalized spacial score (nSPS) is 12.2. The molecule has 0 bridgehead atoms. The summed E-state index contributed by atoms with van der Waals surface area (Å²) in [5, 5.41) is 11.1. The van der Waals surface area contributed by atoms with Gasteiger partial charge in [0.15, 0.2) is 0 Å². The highest BCUT2D eigenvalue weighted by molar-refractivity contribution is 7.86. The summed E-state index contributed by atoms with van der Waals surface area (Å²) in [4.78, 5) is 21.9. The van der Waals surface area contributed by atoms with Crippen LogP contribution in [0.25, 0.3) is 0 Å². The highest BCUT2D eigenvalue weighted by Crippen LogP contribution is 2.04. The highest BCUT2D eigenvalue weighted by atomic mass is 32.2. The SMILES string of the molecule is CC(C)NC(=O)CN(C)S(=O)(=O)N(C)CCC(=O)O. The zero-order chi connectivity index (χ0) is 15.2. The summed E-state index contributed by atoms with van der Waals surface area (Å²) in [6.07, 6.45) is -0.290. The van der Waals surface area contributed by atoms with Crippen molar-refractivity contribution in [2.75, 3.05) is 27.2 Å². The third-order valence-corrected chi connectivity index (χ3v) is 4.13. The van der Waals surface area contributed by atoms with Crippen molar-refractivity contribution < 1.29 is 23.1 Å². The molecule has 0 radical (unpaired) electrons. The number of carbonyl (C=O) groups excluding carboxylic acids is 1. The van der Waals surface area contributed by atoms with E-state index in [0.29, 0.717) is 0 Å². The number of hydrogen-bond acceptors (Lipinski definition) is 4. The first-order valence-electron chi connectivity index (χ1n) is 5.76. The van der Waals surface area contributed by atoms with Crippen LogP contribution in [0.4, 0.5) is 0 Å². The van der Waals surface area contributed by atoms with Gasteiger partial charge in [-0.2, -0.15) is 17.0 Å². The number of carbonyl (C=O) groups is 2. The summed E-state index contributed by atoms with van der Waals surface area (Å²) in [5.74, 6) is -1.49. The molecule has 0 aromatic carbocycles. The third-order valence-electron chi connectivity index (χ3n) is 2.24. The third kappa shape index (κ3) is 6.50. The van der Waals surface area contributed by atoms with Crippen molar-refractivity contribution in [3.05, 3.63) is 0 Å². The molecule has 0 heterocycles. The van der Waals surface area contributed by atoms with Crippen molar-refractivity contribution in [1.29, 1.82) is 0 Å². The molecule has 0 aromatic heterocycles. The van der Waals surface area contributed by atoms with Gasteiger partial charge in [0.2, 0.25) is 5.91 Å². The molecule has 2 N–H and O–H groups in total. The first-order valence-corrected chi connectivity index (χ1v) is 7.15. The molecule has 0 aliphatic carbocycles. The standard InChI is InChI=1S/C10H21N3O5S/c1-8(2)11-9(14)7-13(4)19(17,18)12(3)6-5-10(15)16/h8H,5-7H2,1-4H3,(H,11,14)(H,15,16). The minimum atomic E-state index is -3.82. The quantitative estimate of drug-likeness (QED) is 0.603. The Morgan fingerprint density at radius 1 is 1.21 bits per heavy atom. The van der Waals surface area contributed by atoms with Crippen molar-refractivity contribution in [3.8, 4) is 0 Å². The first-order chi connectivity index (χ1) is 8.57. The van der Waals surface area contributed by atoms with Crippen LogP contribution in [0.15, 0.2) is 0 Å². The second-order valence-electron chi connectivity index (χ2n) is 4.45. The van der Waals surface area contributed by atoms with Crippen molar-refractivity contribution in [1.82, 2.24) is 13.9 Å². The molecule has 0 spiro atoms. The fraction of sp³-hybridized carbons (Fsp3) is 0.800. The molecule has 0 aliphatic heterocycles. The molecule has 8 nitrogen and oxygen atoms in total. The lowest BCUT2D eigenvalue weighted by molar-refractivity contribution is -0.137. The predicted octanol–water partition coefficient (Wildman–Crippen LogP) is -0.906. The fourth-order valence-electron chi connectivity index (χ4n) is 1.26. The topological polar surface area (TPSA) is 107 Å². The lowest BCUT2D eigenvalue weighted by atomic mass is 10.4. The largest absolute Gasteiger partial charge is 0.481 e. The zero-order valence-electron chi connectivity index (χ0n) is 11.6. The number of nitrogens with one attached hydrogen (secondary N) is 1. The lowest BCUT2D eigenvalue weighted by Crippen LogP contribution is -2.46. The lowest BCUT2D eigenvalue weighted by Gasteiger charge is -2.23. The van der Waals surface area contributed by atoms with E-state index in [2.05, 4.69) is 5.32 Å². The van der Waals surface area contributed by atoms with Gasteiger partial charge in [-0.25, -0.2) is 0 Å². The van der Waals surface area contributed by atoms with Crippen LogP contribution in [0, 0.1) is 0 Å². The van der Waals surface area contributed by atoms with Gasteiger partial charge in [0, 0.05) is 26.7 Å². The molecule has 0 rings (SSSR count). The van der Waals surface area contributed by atoms with Gasteiger partial charge < -0.3 is 10.4 Å². The molecule has 112 valence electrons. The van der Waals surface area contributed by atoms with Gasteiger partial charge in [0.05, 0.1) is 13.0 Å². The van der Waals surface area contributed by atoms with E-state index in [1.807, 2.05) is 0 Å². The molecule has 1 amide bonds. The Kier molecular flexibility index (Phi) is 6.95. The van der Waals surface area contributed by atoms with Crippen LogP contribution in [0.5, 0.6) is 0 Å². The van der Waals surface area contributed by atoms with E-state index in [9.17, 15) is 18.0 Å². The average Bonchev–Trinajstić information content (AvgIpc) is 2.23. The molecule has 0 saturated carbocycles. The summed E-state index contributed by atoms with van der Waals surface area (Å²) < 4.78 is 25.7. The van der Waals surface area contributed by atoms with Crippen molar-refractivity contribution in [3.63, 3.8) is 0 Å². The minimum Gasteiger partial charge on any atom is -0.481 e. The Hall–Kier alpha value is -1.19. The first kappa shape index (κ1) is 17.8. The summed E-state index contributed by atoms with van der Waals surface area (Å²) in [6.45, 7) is 3.09. The van der Waals surface area contributed by atoms with Gasteiger partial charge in [-0.15, -0.1) is 0 Å². The monoisotopic (exact) mass is 295 g/mol. The molecule has 9 heteroatoms. The summed E-state index contributed by atoms with van der Waals surface area (Å²) >= 11 is 0. The fourth-order valence-corrected chi connectivity index (χ4v) is 2.34. The number of nitrogens with zero attached hydrogens (tertiary/aromatic N) is 2. The Labute approximate surface area is 113 Å². The van der Waals surface area contributed by atoms with Crippen molar-refractivity contribution in [2.24, 2.45) is 0 Å². The van der Waals surface area contributed by atoms with Gasteiger partial charge in [-0.3, -0.25) is 9.59 Å². The van der Waals surface area contributed by atoms with Gasteiger partial charge >= 0.3 is 5.97 Å². The number of likely N-dealkylation sites (N-methyl/N-ethyl adjacent to an activating group) is 1. The van der Waals surface area contributed by atoms with Crippen LogP contribution in [-0.4, -0.2) is 67.2 Å². The zero-order valence-corrected chi connectivity index (χ0v) is 12.4. The molecule has 0 unspecified atom stereocenters. The summed E-state index contributed by atoms with van der Waals surface area (Å²) in [6, 6.07) is -0.0756. The van der Waals surface area contributed by atoms with Crippen molar-refractivity contribution >= 4 is 22.1 Å². The second kappa shape index (κ2) is 7.41. The molecular weight excluding hydrogens is 274 g/mol. The van der Waals surface area contributed by atoms with Gasteiger partial charge in [-0.1, -0.05) is 0 Å². The predicted molar refractivity (Wildman–Crippen MR) is 69.7 cm³/mol. The number of carboxylic acids is 1. The number of aliphatic carboxylic acids is 1. The Morgan fingerprint density at radius 2 is 1.74 bits per heavy atom. The highest BCUT2D eigenvalue weighted by Gasteiger charge is 2.25. The van der Waals surface area contributed by atoms with Crippen LogP contribution in [0.2, 0.25) is 0 Å². The van der Waals surface area contributed by atoms with E-state index in [1.165, 1.54) is 14.1 Å². The van der Waals surface area contributed by atoms with E-state index in [1.54, 1.807) is 13.8 Å². The average molecular weight is 295 g/mol. The van der Waals surface area contributed by atoms with Crippen LogP contribution in [0.1, 0.15) is 20.3 Å². The van der Waals surface area contributed by atoms with E-state index < -0.39 is 22.1 Å². The molecular formula is C10H21N3O5S. The maximum Gasteiger partial charge on any atom is 0.304 e. The van der Waals surface area contributed by atoms with Gasteiger partial charge in [0.1, 0.15) is 0 Å². The molecule has 0 aliphatic rings. The molecule has 0 aromatic rings. The number of rotatable bonds is 8. The van der Waals surface area contributed by atoms with Crippen LogP contribution in [0.3, 0.4) is 0 Å². The number of carboxylic acid groups (broad SMARTS) is 1. The van der Waals surface area contributed by atoms with E-state index in [-0.39, 0.29) is 25.6 Å². The minimum absolute atomic E-state index is 0.0756. The van der Waals surface area contributed by atoms with Crippen LogP contribution in [-0.2, 0) is 19.8 Å². The van der Waals surface area contributed by atoms with E-state index >= 15 is 0 Å². The Bertz CT molecular complexity index is 421. The molecule has 0 saturated heterocycles. The Morgan fingerprint density at radius 3 is 2.16 bits per heavy atom. The number of amides is 1. The molecule has 0 fully saturated rings. The second-order valence-corrected chi connectivity index (χ2v) is 6.59. The van der Waals surface area contributed by atoms with Gasteiger partial charge in [-0.05, 0) is 13.8 Å². The van der Waals surface area contributed by atoms with Crippen LogP contribution < -0.4 is 5.32 Å². The summed E-state index contributed by atoms with van der Waals surface area (Å²) in [7, 11) is -1.28. The maximum absolute atomic E-state index is 11.9. The Balaban J connectivity index is 4.54. The maximum atomic E-state index is 11.9. The number of hydrogen-bond donors (Lipinski definition) is 2. The summed E-state index contributed by atoms with van der Waals surface area (Å²) in [5.41, 5.74) is 0. The van der Waals surface area contributed by atoms with Crippen molar-refractivity contribution in [2.45, 2.75) is 26.3 Å². The smallest absolute Gasteiger partial charge is 0.304 e. The van der Waals surface area contributed by atoms with Crippen LogP contribution >= 0.6 is 0 Å². The van der Waals surface area contributed by atoms with Gasteiger partial charge in [0.25, 0.3) is 10.2 Å². The molecule has 19 heavy (non-hydrogen) atoms. The molecule has 0 atom stereocenters.